The smallest absolute Gasteiger partial charge is 0.277 e. The number of carbonyl (C=O) groups is 1. The molecule has 1 aliphatic heterocycles. The van der Waals surface area contributed by atoms with Crippen molar-refractivity contribution in [3.05, 3.63) is 18.1 Å². The zero-order chi connectivity index (χ0) is 18.2. The van der Waals surface area contributed by atoms with E-state index in [2.05, 4.69) is 10.2 Å². The molecule has 10 heteroatoms. The Morgan fingerprint density at radius 3 is 2.80 bits per heavy atom. The van der Waals surface area contributed by atoms with Crippen LogP contribution in [0.3, 0.4) is 0 Å². The van der Waals surface area contributed by atoms with Crippen LogP contribution in [0.5, 0.6) is 0 Å². The third-order valence-electron chi connectivity index (χ3n) is 4.22. The summed E-state index contributed by atoms with van der Waals surface area (Å²) >= 11 is 1.15. The zero-order valence-corrected chi connectivity index (χ0v) is 15.8. The summed E-state index contributed by atoms with van der Waals surface area (Å²) in [6.07, 6.45) is 2.02. The van der Waals surface area contributed by atoms with Gasteiger partial charge in [-0.25, -0.2) is 8.42 Å². The maximum Gasteiger partial charge on any atom is 0.277 e. The fourth-order valence-corrected chi connectivity index (χ4v) is 5.28. The number of amides is 1. The lowest BCUT2D eigenvalue weighted by atomic mass is 10.2. The lowest BCUT2D eigenvalue weighted by molar-refractivity contribution is -0.130. The van der Waals surface area contributed by atoms with Gasteiger partial charge in [0.25, 0.3) is 11.1 Å². The normalized spacial score (nSPS) is 20.5. The lowest BCUT2D eigenvalue weighted by Crippen LogP contribution is -2.41. The van der Waals surface area contributed by atoms with Crippen molar-refractivity contribution >= 4 is 27.5 Å². The Kier molecular flexibility index (Phi) is 4.92. The van der Waals surface area contributed by atoms with E-state index >= 15 is 0 Å². The Morgan fingerprint density at radius 2 is 2.20 bits per heavy atom. The van der Waals surface area contributed by atoms with Gasteiger partial charge in [-0.3, -0.25) is 4.79 Å². The lowest BCUT2D eigenvalue weighted by Gasteiger charge is -2.25. The molecule has 0 N–H and O–H groups in total. The van der Waals surface area contributed by atoms with E-state index in [0.717, 1.165) is 11.8 Å². The molecule has 1 aliphatic rings. The van der Waals surface area contributed by atoms with Crippen LogP contribution in [0.25, 0.3) is 11.5 Å². The number of sulfone groups is 1. The Labute approximate surface area is 149 Å². The molecule has 0 unspecified atom stereocenters. The molecule has 2 atom stereocenters. The van der Waals surface area contributed by atoms with Crippen LogP contribution in [-0.4, -0.2) is 59.3 Å². The SMILES string of the molecule is Cc1occc1-c1nnc(S[C@H](C)C(=O)N(C)[C@@H]2CCS(=O)(=O)C2)o1. The van der Waals surface area contributed by atoms with Crippen LogP contribution in [-0.2, 0) is 14.6 Å². The molecule has 136 valence electrons. The van der Waals surface area contributed by atoms with Gasteiger partial charge in [-0.15, -0.1) is 10.2 Å². The first-order valence-corrected chi connectivity index (χ1v) is 10.5. The molecular formula is C15H19N3O5S2. The first-order chi connectivity index (χ1) is 11.8. The summed E-state index contributed by atoms with van der Waals surface area (Å²) in [5.41, 5.74) is 0.714. The van der Waals surface area contributed by atoms with Gasteiger partial charge in [-0.05, 0) is 26.3 Å². The maximum atomic E-state index is 12.5. The van der Waals surface area contributed by atoms with E-state index in [1.807, 2.05) is 0 Å². The van der Waals surface area contributed by atoms with E-state index in [4.69, 9.17) is 8.83 Å². The van der Waals surface area contributed by atoms with E-state index in [1.54, 1.807) is 33.2 Å². The molecule has 0 spiro atoms. The molecule has 0 saturated carbocycles. The van der Waals surface area contributed by atoms with Crippen molar-refractivity contribution in [2.24, 2.45) is 0 Å². The number of rotatable bonds is 5. The van der Waals surface area contributed by atoms with E-state index in [0.29, 0.717) is 23.6 Å². The van der Waals surface area contributed by atoms with Gasteiger partial charge in [-0.1, -0.05) is 11.8 Å². The van der Waals surface area contributed by atoms with Crippen molar-refractivity contribution in [2.45, 2.75) is 36.8 Å². The monoisotopic (exact) mass is 385 g/mol. The van der Waals surface area contributed by atoms with Crippen LogP contribution in [0, 0.1) is 6.92 Å². The molecule has 25 heavy (non-hydrogen) atoms. The number of aryl methyl sites for hydroxylation is 1. The summed E-state index contributed by atoms with van der Waals surface area (Å²) in [6.45, 7) is 3.53. The highest BCUT2D eigenvalue weighted by Gasteiger charge is 2.34. The molecule has 1 amide bonds. The van der Waals surface area contributed by atoms with Gasteiger partial charge < -0.3 is 13.7 Å². The summed E-state index contributed by atoms with van der Waals surface area (Å²) in [5.74, 6) is 1.01. The van der Waals surface area contributed by atoms with E-state index < -0.39 is 15.1 Å². The predicted molar refractivity (Wildman–Crippen MR) is 91.9 cm³/mol. The van der Waals surface area contributed by atoms with Crippen LogP contribution in [0.2, 0.25) is 0 Å². The average molecular weight is 385 g/mol. The molecular weight excluding hydrogens is 366 g/mol. The fraction of sp³-hybridized carbons (Fsp3) is 0.533. The molecule has 2 aromatic heterocycles. The van der Waals surface area contributed by atoms with Crippen molar-refractivity contribution in [1.82, 2.24) is 15.1 Å². The number of thioether (sulfide) groups is 1. The number of nitrogens with zero attached hydrogens (tertiary/aromatic N) is 3. The molecule has 3 rings (SSSR count). The highest BCUT2D eigenvalue weighted by Crippen LogP contribution is 2.29. The first kappa shape index (κ1) is 18.0. The van der Waals surface area contributed by atoms with Crippen LogP contribution in [0.15, 0.2) is 26.4 Å². The number of hydrogen-bond donors (Lipinski definition) is 0. The molecule has 3 heterocycles. The minimum atomic E-state index is -3.03. The summed E-state index contributed by atoms with van der Waals surface area (Å²) in [4.78, 5) is 14.1. The number of carbonyl (C=O) groups excluding carboxylic acids is 1. The van der Waals surface area contributed by atoms with E-state index in [9.17, 15) is 13.2 Å². The predicted octanol–water partition coefficient (Wildman–Crippen LogP) is 1.76. The van der Waals surface area contributed by atoms with Crippen LogP contribution < -0.4 is 0 Å². The van der Waals surface area contributed by atoms with Crippen LogP contribution in [0.4, 0.5) is 0 Å². The van der Waals surface area contributed by atoms with Crippen molar-refractivity contribution in [1.29, 1.82) is 0 Å². The largest absolute Gasteiger partial charge is 0.469 e. The standard InChI is InChI=1S/C15H19N3O5S2/c1-9-12(4-6-22-9)13-16-17-15(23-13)24-10(2)14(19)18(3)11-5-7-25(20,21)8-11/h4,6,10-11H,5,7-8H2,1-3H3/t10-,11-/m1/s1. The number of aromatic nitrogens is 2. The Morgan fingerprint density at radius 1 is 1.44 bits per heavy atom. The number of hydrogen-bond acceptors (Lipinski definition) is 8. The molecule has 0 aliphatic carbocycles. The number of furan rings is 1. The van der Waals surface area contributed by atoms with Crippen LogP contribution >= 0.6 is 11.8 Å². The molecule has 2 aromatic rings. The third-order valence-corrected chi connectivity index (χ3v) is 6.90. The van der Waals surface area contributed by atoms with Crippen molar-refractivity contribution in [3.63, 3.8) is 0 Å². The third kappa shape index (κ3) is 3.90. The van der Waals surface area contributed by atoms with Gasteiger partial charge in [0.2, 0.25) is 5.91 Å². The van der Waals surface area contributed by atoms with E-state index in [-0.39, 0.29) is 28.7 Å². The van der Waals surface area contributed by atoms with Crippen molar-refractivity contribution < 1.29 is 22.0 Å². The quantitative estimate of drug-likeness (QED) is 0.717. The zero-order valence-electron chi connectivity index (χ0n) is 14.1. The van der Waals surface area contributed by atoms with Gasteiger partial charge in [0.1, 0.15) is 5.76 Å². The minimum absolute atomic E-state index is 0.0249. The fourth-order valence-electron chi connectivity index (χ4n) is 2.72. The summed E-state index contributed by atoms with van der Waals surface area (Å²) in [5, 5.41) is 7.74. The molecule has 0 bridgehead atoms. The first-order valence-electron chi connectivity index (χ1n) is 7.78. The van der Waals surface area contributed by atoms with Crippen molar-refractivity contribution in [3.8, 4) is 11.5 Å². The van der Waals surface area contributed by atoms with Gasteiger partial charge in [0.15, 0.2) is 9.84 Å². The van der Waals surface area contributed by atoms with Crippen molar-refractivity contribution in [2.75, 3.05) is 18.6 Å². The second-order valence-corrected chi connectivity index (χ2v) is 9.55. The summed E-state index contributed by atoms with van der Waals surface area (Å²) in [6, 6.07) is 1.47. The Bertz CT molecular complexity index is 873. The summed E-state index contributed by atoms with van der Waals surface area (Å²) in [7, 11) is -1.40. The second-order valence-electron chi connectivity index (χ2n) is 6.03. The van der Waals surface area contributed by atoms with Gasteiger partial charge in [0.05, 0.1) is 28.6 Å². The average Bonchev–Trinajstić information content (AvgIpc) is 3.26. The van der Waals surface area contributed by atoms with Gasteiger partial charge in [-0.2, -0.15) is 0 Å². The highest BCUT2D eigenvalue weighted by atomic mass is 32.2. The topological polar surface area (TPSA) is 107 Å². The molecule has 0 aromatic carbocycles. The molecule has 8 nitrogen and oxygen atoms in total. The van der Waals surface area contributed by atoms with Crippen LogP contribution in [0.1, 0.15) is 19.1 Å². The minimum Gasteiger partial charge on any atom is -0.469 e. The highest BCUT2D eigenvalue weighted by molar-refractivity contribution is 8.00. The Balaban J connectivity index is 1.64. The van der Waals surface area contributed by atoms with E-state index in [1.165, 1.54) is 4.90 Å². The van der Waals surface area contributed by atoms with Gasteiger partial charge >= 0.3 is 0 Å². The molecule has 1 saturated heterocycles. The summed E-state index contributed by atoms with van der Waals surface area (Å²) < 4.78 is 34.0. The van der Waals surface area contributed by atoms with Gasteiger partial charge in [0, 0.05) is 13.1 Å². The second kappa shape index (κ2) is 6.83. The molecule has 0 radical (unpaired) electrons. The Hall–Kier alpha value is -1.81. The maximum absolute atomic E-state index is 12.5. The molecule has 1 fully saturated rings.